The van der Waals surface area contributed by atoms with Gasteiger partial charge in [-0.25, -0.2) is 4.98 Å². The highest BCUT2D eigenvalue weighted by atomic mass is 15.3. The normalized spacial score (nSPS) is 18.1. The van der Waals surface area contributed by atoms with Crippen molar-refractivity contribution >= 4 is 11.8 Å². The Labute approximate surface area is 191 Å². The highest BCUT2D eigenvalue weighted by Gasteiger charge is 2.24. The van der Waals surface area contributed by atoms with E-state index in [0.717, 1.165) is 77.2 Å². The van der Waals surface area contributed by atoms with Gasteiger partial charge >= 0.3 is 0 Å². The Morgan fingerprint density at radius 1 is 0.625 bits per heavy atom. The molecule has 0 amide bonds. The van der Waals surface area contributed by atoms with Crippen LogP contribution >= 0.6 is 0 Å². The Kier molecular flexibility index (Phi) is 6.61. The summed E-state index contributed by atoms with van der Waals surface area (Å²) in [5.74, 6) is 1.97. The van der Waals surface area contributed by atoms with Crippen molar-refractivity contribution in [2.24, 2.45) is 0 Å². The van der Waals surface area contributed by atoms with Crippen molar-refractivity contribution < 1.29 is 9.80 Å². The lowest BCUT2D eigenvalue weighted by molar-refractivity contribution is -0.914. The van der Waals surface area contributed by atoms with E-state index in [4.69, 9.17) is 4.98 Å². The number of quaternary nitrogens is 2. The first-order chi connectivity index (χ1) is 15.8. The van der Waals surface area contributed by atoms with Crippen LogP contribution in [0.3, 0.4) is 0 Å². The highest BCUT2D eigenvalue weighted by Crippen LogP contribution is 2.15. The number of anilines is 2. The van der Waals surface area contributed by atoms with Gasteiger partial charge in [-0.3, -0.25) is 0 Å². The predicted octanol–water partition coefficient (Wildman–Crippen LogP) is 0.287. The van der Waals surface area contributed by atoms with Gasteiger partial charge in [-0.15, -0.1) is 0 Å². The second-order valence-electron chi connectivity index (χ2n) is 9.01. The van der Waals surface area contributed by atoms with Crippen LogP contribution in [0.25, 0.3) is 0 Å². The molecule has 32 heavy (non-hydrogen) atoms. The molecular formula is C26H34N6+2. The fourth-order valence-corrected chi connectivity index (χ4v) is 4.87. The molecular weight excluding hydrogens is 396 g/mol. The summed E-state index contributed by atoms with van der Waals surface area (Å²) in [6.07, 6.45) is 1.93. The Morgan fingerprint density at radius 2 is 1.12 bits per heavy atom. The molecule has 0 aliphatic carbocycles. The maximum absolute atomic E-state index is 4.96. The van der Waals surface area contributed by atoms with Crippen LogP contribution < -0.4 is 19.6 Å². The van der Waals surface area contributed by atoms with Crippen LogP contribution in [0.15, 0.2) is 72.9 Å². The van der Waals surface area contributed by atoms with Gasteiger partial charge in [-0.2, -0.15) is 4.98 Å². The number of nitrogens with one attached hydrogen (secondary N) is 2. The molecule has 2 aromatic carbocycles. The average molecular weight is 431 g/mol. The van der Waals surface area contributed by atoms with E-state index in [1.54, 1.807) is 9.80 Å². The van der Waals surface area contributed by atoms with E-state index in [1.165, 1.54) is 11.1 Å². The minimum atomic E-state index is 0.889. The van der Waals surface area contributed by atoms with Gasteiger partial charge < -0.3 is 19.6 Å². The molecule has 166 valence electrons. The van der Waals surface area contributed by atoms with Crippen molar-refractivity contribution in [2.75, 3.05) is 62.2 Å². The molecule has 0 unspecified atom stereocenters. The molecule has 0 spiro atoms. The van der Waals surface area contributed by atoms with Crippen LogP contribution in [0.5, 0.6) is 0 Å². The second-order valence-corrected chi connectivity index (χ2v) is 9.01. The van der Waals surface area contributed by atoms with Crippen molar-refractivity contribution in [3.8, 4) is 0 Å². The third-order valence-corrected chi connectivity index (χ3v) is 6.77. The monoisotopic (exact) mass is 430 g/mol. The number of hydrogen-bond acceptors (Lipinski definition) is 4. The van der Waals surface area contributed by atoms with E-state index in [1.807, 2.05) is 6.20 Å². The molecule has 0 saturated carbocycles. The van der Waals surface area contributed by atoms with Crippen molar-refractivity contribution in [3.05, 3.63) is 84.1 Å². The van der Waals surface area contributed by atoms with Crippen LogP contribution in [0.2, 0.25) is 0 Å². The largest absolute Gasteiger partial charge is 0.345 e. The molecule has 0 atom stereocenters. The fraction of sp³-hybridized carbons (Fsp3) is 0.385. The fourth-order valence-electron chi connectivity index (χ4n) is 4.87. The summed E-state index contributed by atoms with van der Waals surface area (Å²) < 4.78 is 0. The van der Waals surface area contributed by atoms with Crippen molar-refractivity contribution in [3.63, 3.8) is 0 Å². The first-order valence-electron chi connectivity index (χ1n) is 11.9. The number of rotatable bonds is 6. The lowest BCUT2D eigenvalue weighted by atomic mass is 10.2. The summed E-state index contributed by atoms with van der Waals surface area (Å²) in [6, 6.07) is 23.7. The van der Waals surface area contributed by atoms with Gasteiger partial charge in [0.05, 0.1) is 52.4 Å². The van der Waals surface area contributed by atoms with E-state index >= 15 is 0 Å². The Bertz CT molecular complexity index is 887. The van der Waals surface area contributed by atoms with Gasteiger partial charge in [0.2, 0.25) is 5.95 Å². The van der Waals surface area contributed by atoms with Crippen molar-refractivity contribution in [1.29, 1.82) is 0 Å². The number of nitrogens with zero attached hydrogens (tertiary/aromatic N) is 4. The van der Waals surface area contributed by atoms with Gasteiger partial charge in [0.1, 0.15) is 18.9 Å². The van der Waals surface area contributed by atoms with Gasteiger partial charge in [-0.1, -0.05) is 60.7 Å². The third-order valence-electron chi connectivity index (χ3n) is 6.77. The van der Waals surface area contributed by atoms with Gasteiger partial charge in [-0.05, 0) is 6.07 Å². The number of piperazine rings is 2. The summed E-state index contributed by atoms with van der Waals surface area (Å²) >= 11 is 0. The summed E-state index contributed by atoms with van der Waals surface area (Å²) in [5, 5.41) is 0. The molecule has 6 nitrogen and oxygen atoms in total. The average Bonchev–Trinajstić information content (AvgIpc) is 2.86. The van der Waals surface area contributed by atoms with E-state index < -0.39 is 0 Å². The zero-order chi connectivity index (χ0) is 21.6. The summed E-state index contributed by atoms with van der Waals surface area (Å²) in [5.41, 5.74) is 2.84. The maximum Gasteiger partial charge on any atom is 0.227 e. The number of hydrogen-bond donors (Lipinski definition) is 2. The zero-order valence-corrected chi connectivity index (χ0v) is 18.8. The van der Waals surface area contributed by atoms with Crippen LogP contribution in [0.4, 0.5) is 11.8 Å². The van der Waals surface area contributed by atoms with Crippen LogP contribution in [-0.2, 0) is 13.1 Å². The molecule has 2 aliphatic rings. The summed E-state index contributed by atoms with van der Waals surface area (Å²) in [7, 11) is 0. The molecule has 3 aromatic rings. The first kappa shape index (κ1) is 20.9. The highest BCUT2D eigenvalue weighted by molar-refractivity contribution is 5.44. The van der Waals surface area contributed by atoms with Gasteiger partial charge in [0.25, 0.3) is 0 Å². The van der Waals surface area contributed by atoms with E-state index in [2.05, 4.69) is 81.5 Å². The molecule has 6 heteroatoms. The van der Waals surface area contributed by atoms with E-state index in [0.29, 0.717) is 0 Å². The van der Waals surface area contributed by atoms with Gasteiger partial charge in [0, 0.05) is 17.3 Å². The maximum atomic E-state index is 4.96. The zero-order valence-electron chi connectivity index (χ0n) is 18.8. The Morgan fingerprint density at radius 3 is 1.66 bits per heavy atom. The smallest absolute Gasteiger partial charge is 0.227 e. The third kappa shape index (κ3) is 5.26. The molecule has 1 aromatic heterocycles. The van der Waals surface area contributed by atoms with E-state index in [9.17, 15) is 0 Å². The predicted molar refractivity (Wildman–Crippen MR) is 128 cm³/mol. The lowest BCUT2D eigenvalue weighted by Gasteiger charge is -2.34. The molecule has 2 N–H and O–H groups in total. The number of benzene rings is 2. The first-order valence-corrected chi connectivity index (χ1v) is 11.9. The summed E-state index contributed by atoms with van der Waals surface area (Å²) in [4.78, 5) is 17.6. The Balaban J connectivity index is 1.13. The minimum Gasteiger partial charge on any atom is -0.345 e. The van der Waals surface area contributed by atoms with Crippen LogP contribution in [-0.4, -0.2) is 62.3 Å². The molecule has 5 rings (SSSR count). The molecule has 3 heterocycles. The SMILES string of the molecule is c1ccc(C[NH+]2CCN(c3ccnc(N4CC[NH+](Cc5ccccc5)CC4)n3)CC2)cc1. The lowest BCUT2D eigenvalue weighted by Crippen LogP contribution is -3.13. The molecule has 2 saturated heterocycles. The van der Waals surface area contributed by atoms with Crippen LogP contribution in [0.1, 0.15) is 11.1 Å². The summed E-state index contributed by atoms with van der Waals surface area (Å²) in [6.45, 7) is 10.9. The topological polar surface area (TPSA) is 41.1 Å². The second kappa shape index (κ2) is 10.1. The molecule has 0 radical (unpaired) electrons. The Hall–Kier alpha value is -2.96. The molecule has 2 fully saturated rings. The molecule has 0 bridgehead atoms. The standard InChI is InChI=1S/C26H32N6/c1-3-7-23(8-4-1)21-29-13-17-31(18-14-29)25-11-12-27-26(28-25)32-19-15-30(16-20-32)22-24-9-5-2-6-10-24/h1-12H,13-22H2/p+2. The van der Waals surface area contributed by atoms with Crippen molar-refractivity contribution in [2.45, 2.75) is 13.1 Å². The van der Waals surface area contributed by atoms with E-state index in [-0.39, 0.29) is 0 Å². The van der Waals surface area contributed by atoms with Gasteiger partial charge in [0.15, 0.2) is 0 Å². The molecule has 2 aliphatic heterocycles. The minimum absolute atomic E-state index is 0.889. The number of aromatic nitrogens is 2. The quantitative estimate of drug-likeness (QED) is 0.590. The van der Waals surface area contributed by atoms with Crippen molar-refractivity contribution in [1.82, 2.24) is 9.97 Å². The van der Waals surface area contributed by atoms with Crippen LogP contribution in [0, 0.1) is 0 Å².